The highest BCUT2D eigenvalue weighted by molar-refractivity contribution is 7.97. The number of nitrogens with one attached hydrogen (secondary N) is 1. The molecular formula is C19H16Cl2N2O4S. The summed E-state index contributed by atoms with van der Waals surface area (Å²) in [7, 11) is 1.77. The molecule has 2 aromatic carbocycles. The molecular weight excluding hydrogens is 423 g/mol. The van der Waals surface area contributed by atoms with E-state index in [0.717, 1.165) is 16.0 Å². The number of nitrogens with zero attached hydrogens (tertiary/aromatic N) is 1. The van der Waals surface area contributed by atoms with Gasteiger partial charge in [0.25, 0.3) is 5.91 Å². The molecule has 2 heterocycles. The van der Waals surface area contributed by atoms with Gasteiger partial charge in [-0.05, 0) is 41.3 Å². The monoisotopic (exact) mass is 438 g/mol. The quantitative estimate of drug-likeness (QED) is 0.421. The SMILES string of the molecule is CN1Sc2cc(Cl)c(Cl)cc2C=C1C(=O)N[C@@H](Cc1ccccc1)C1(O)OO1. The number of amides is 1. The number of aliphatic hydroxyl groups is 1. The Kier molecular flexibility index (Phi) is 5.30. The van der Waals surface area contributed by atoms with Crippen molar-refractivity contribution in [2.24, 2.45) is 0 Å². The first-order chi connectivity index (χ1) is 13.4. The second kappa shape index (κ2) is 7.59. The van der Waals surface area contributed by atoms with Crippen LogP contribution in [0.25, 0.3) is 6.08 Å². The third kappa shape index (κ3) is 4.00. The Hall–Kier alpha value is -1.74. The van der Waals surface area contributed by atoms with Crippen molar-refractivity contribution in [1.29, 1.82) is 0 Å². The molecule has 6 nitrogen and oxygen atoms in total. The molecule has 1 fully saturated rings. The molecule has 0 aliphatic carbocycles. The molecule has 0 radical (unpaired) electrons. The summed E-state index contributed by atoms with van der Waals surface area (Å²) >= 11 is 13.5. The van der Waals surface area contributed by atoms with Crippen molar-refractivity contribution in [3.63, 3.8) is 0 Å². The van der Waals surface area contributed by atoms with Crippen molar-refractivity contribution in [3.8, 4) is 0 Å². The van der Waals surface area contributed by atoms with Crippen molar-refractivity contribution in [1.82, 2.24) is 9.62 Å². The molecule has 2 aliphatic rings. The van der Waals surface area contributed by atoms with Gasteiger partial charge in [0.05, 0.1) is 10.0 Å². The van der Waals surface area contributed by atoms with E-state index in [1.807, 2.05) is 30.3 Å². The maximum absolute atomic E-state index is 12.9. The summed E-state index contributed by atoms with van der Waals surface area (Å²) in [6.07, 6.45) is 2.06. The molecule has 2 aliphatic heterocycles. The molecule has 146 valence electrons. The zero-order chi connectivity index (χ0) is 19.9. The fraction of sp³-hybridized carbons (Fsp3) is 0.211. The predicted octanol–water partition coefficient (Wildman–Crippen LogP) is 3.62. The van der Waals surface area contributed by atoms with Crippen LogP contribution in [0.4, 0.5) is 0 Å². The fourth-order valence-corrected chi connectivity index (χ4v) is 4.21. The van der Waals surface area contributed by atoms with E-state index in [9.17, 15) is 9.90 Å². The summed E-state index contributed by atoms with van der Waals surface area (Å²) in [4.78, 5) is 23.2. The van der Waals surface area contributed by atoms with Crippen LogP contribution in [0.15, 0.2) is 53.1 Å². The maximum atomic E-state index is 12.9. The minimum Gasteiger partial charge on any atom is -0.339 e. The van der Waals surface area contributed by atoms with E-state index in [-0.39, 0.29) is 5.91 Å². The third-order valence-electron chi connectivity index (χ3n) is 4.43. The predicted molar refractivity (Wildman–Crippen MR) is 107 cm³/mol. The molecule has 0 spiro atoms. The number of carbonyl (C=O) groups excluding carboxylic acids is 1. The summed E-state index contributed by atoms with van der Waals surface area (Å²) in [5.41, 5.74) is 2.12. The lowest BCUT2D eigenvalue weighted by Gasteiger charge is -2.28. The van der Waals surface area contributed by atoms with E-state index in [4.69, 9.17) is 33.0 Å². The summed E-state index contributed by atoms with van der Waals surface area (Å²) in [6, 6.07) is 12.1. The van der Waals surface area contributed by atoms with E-state index in [0.29, 0.717) is 22.2 Å². The first kappa shape index (κ1) is 19.6. The number of likely N-dealkylation sites (N-methyl/N-ethyl adjacent to an activating group) is 1. The molecule has 1 amide bonds. The smallest absolute Gasteiger partial charge is 0.339 e. The van der Waals surface area contributed by atoms with Gasteiger partial charge < -0.3 is 14.7 Å². The van der Waals surface area contributed by atoms with Crippen LogP contribution in [-0.4, -0.2) is 34.4 Å². The van der Waals surface area contributed by atoms with Gasteiger partial charge in [0, 0.05) is 18.4 Å². The Balaban J connectivity index is 1.57. The molecule has 1 atom stereocenters. The van der Waals surface area contributed by atoms with Gasteiger partial charge in [-0.2, -0.15) is 9.78 Å². The zero-order valence-corrected chi connectivity index (χ0v) is 17.0. The molecule has 9 heteroatoms. The third-order valence-corrected chi connectivity index (χ3v) is 6.18. The second-order valence-electron chi connectivity index (χ2n) is 6.44. The van der Waals surface area contributed by atoms with Crippen molar-refractivity contribution in [2.45, 2.75) is 23.3 Å². The normalized spacial score (nSPS) is 18.1. The first-order valence-electron chi connectivity index (χ1n) is 8.42. The van der Waals surface area contributed by atoms with Gasteiger partial charge in [0.1, 0.15) is 11.7 Å². The Morgan fingerprint density at radius 1 is 1.25 bits per heavy atom. The lowest BCUT2D eigenvalue weighted by Crippen LogP contribution is -2.48. The number of halogens is 2. The largest absolute Gasteiger partial charge is 0.358 e. The number of fused-ring (bicyclic) bond motifs is 1. The highest BCUT2D eigenvalue weighted by atomic mass is 35.5. The molecule has 0 bridgehead atoms. The molecule has 1 saturated heterocycles. The van der Waals surface area contributed by atoms with E-state index in [2.05, 4.69) is 5.32 Å². The highest BCUT2D eigenvalue weighted by Gasteiger charge is 2.55. The van der Waals surface area contributed by atoms with Crippen LogP contribution in [0.3, 0.4) is 0 Å². The lowest BCUT2D eigenvalue weighted by atomic mass is 10.0. The van der Waals surface area contributed by atoms with Crippen LogP contribution in [0.5, 0.6) is 0 Å². The van der Waals surface area contributed by atoms with Crippen molar-refractivity contribution < 1.29 is 19.7 Å². The van der Waals surface area contributed by atoms with Gasteiger partial charge in [0.2, 0.25) is 0 Å². The Labute approximate surface area is 176 Å². The highest BCUT2D eigenvalue weighted by Crippen LogP contribution is 2.39. The fourth-order valence-electron chi connectivity index (χ4n) is 2.89. The maximum Gasteiger partial charge on any atom is 0.358 e. The number of carbonyl (C=O) groups is 1. The van der Waals surface area contributed by atoms with Gasteiger partial charge in [-0.1, -0.05) is 53.5 Å². The van der Waals surface area contributed by atoms with Gasteiger partial charge in [-0.3, -0.25) is 4.79 Å². The Morgan fingerprint density at radius 2 is 1.93 bits per heavy atom. The Bertz CT molecular complexity index is 950. The summed E-state index contributed by atoms with van der Waals surface area (Å²) in [6.45, 7) is 0. The average Bonchev–Trinajstić information content (AvgIpc) is 3.42. The molecule has 4 rings (SSSR count). The van der Waals surface area contributed by atoms with Crippen LogP contribution in [-0.2, 0) is 21.0 Å². The molecule has 28 heavy (non-hydrogen) atoms. The number of rotatable bonds is 5. The van der Waals surface area contributed by atoms with Crippen molar-refractivity contribution >= 4 is 47.1 Å². The van der Waals surface area contributed by atoms with E-state index in [1.165, 1.54) is 11.9 Å². The van der Waals surface area contributed by atoms with Gasteiger partial charge in [0.15, 0.2) is 0 Å². The minimum atomic E-state index is -1.83. The average molecular weight is 439 g/mol. The molecule has 0 aromatic heterocycles. The van der Waals surface area contributed by atoms with E-state index in [1.54, 1.807) is 29.6 Å². The number of benzene rings is 2. The van der Waals surface area contributed by atoms with Gasteiger partial charge >= 0.3 is 5.97 Å². The molecule has 0 saturated carbocycles. The minimum absolute atomic E-state index is 0.339. The summed E-state index contributed by atoms with van der Waals surface area (Å²) in [5.74, 6) is -2.21. The number of hydrogen-bond donors (Lipinski definition) is 2. The van der Waals surface area contributed by atoms with Crippen LogP contribution in [0.1, 0.15) is 11.1 Å². The van der Waals surface area contributed by atoms with Crippen LogP contribution < -0.4 is 5.32 Å². The summed E-state index contributed by atoms with van der Waals surface area (Å²) in [5, 5.41) is 13.9. The Morgan fingerprint density at radius 3 is 2.61 bits per heavy atom. The van der Waals surface area contributed by atoms with Gasteiger partial charge in [-0.15, -0.1) is 0 Å². The van der Waals surface area contributed by atoms with Gasteiger partial charge in [-0.25, -0.2) is 0 Å². The van der Waals surface area contributed by atoms with Crippen LogP contribution in [0.2, 0.25) is 10.0 Å². The molecule has 2 aromatic rings. The van der Waals surface area contributed by atoms with Crippen LogP contribution >= 0.6 is 35.1 Å². The van der Waals surface area contributed by atoms with Crippen LogP contribution in [0, 0.1) is 0 Å². The number of hydrogen-bond acceptors (Lipinski definition) is 6. The summed E-state index contributed by atoms with van der Waals surface area (Å²) < 4.78 is 1.72. The first-order valence-corrected chi connectivity index (χ1v) is 9.95. The van der Waals surface area contributed by atoms with E-state index >= 15 is 0 Å². The van der Waals surface area contributed by atoms with Crippen molar-refractivity contribution in [3.05, 3.63) is 69.3 Å². The molecule has 0 unspecified atom stereocenters. The molecule has 2 N–H and O–H groups in total. The standard InChI is InChI=1S/C19H16Cl2N2O4S/c1-23-15(9-12-8-13(20)14(21)10-16(12)28-23)18(24)22-17(19(25)26-27-19)7-11-5-3-2-4-6-11/h2-6,8-10,17,25H,7H2,1H3,(H,22,24)/t17-/m0/s1. The topological polar surface area (TPSA) is 77.6 Å². The lowest BCUT2D eigenvalue weighted by molar-refractivity contribution is -0.121. The zero-order valence-electron chi connectivity index (χ0n) is 14.7. The van der Waals surface area contributed by atoms with Crippen molar-refractivity contribution in [2.75, 3.05) is 7.05 Å². The second-order valence-corrected chi connectivity index (χ2v) is 8.42. The van der Waals surface area contributed by atoms with E-state index < -0.39 is 12.0 Å².